The Hall–Kier alpha value is -1.93. The van der Waals surface area contributed by atoms with Gasteiger partial charge in [-0.3, -0.25) is 4.79 Å². The molecule has 1 aromatic rings. The van der Waals surface area contributed by atoms with Crippen LogP contribution in [0.1, 0.15) is 19.8 Å². The number of thioether (sulfide) groups is 1. The maximum atomic E-state index is 12.8. The van der Waals surface area contributed by atoms with Gasteiger partial charge >= 0.3 is 11.9 Å². The molecule has 0 aliphatic carbocycles. The number of carbonyl (C=O) groups is 3. The minimum atomic E-state index is -0.440. The van der Waals surface area contributed by atoms with Crippen LogP contribution in [-0.4, -0.2) is 51.4 Å². The molecule has 26 heavy (non-hydrogen) atoms. The lowest BCUT2D eigenvalue weighted by atomic mass is 10.1. The van der Waals surface area contributed by atoms with Gasteiger partial charge in [0, 0.05) is 10.2 Å². The van der Waals surface area contributed by atoms with Gasteiger partial charge in [0.15, 0.2) is 11.8 Å². The number of unbranched alkanes of at least 4 members (excludes halogenated alkanes) is 1. The largest absolute Gasteiger partial charge is 0.501 e. The van der Waals surface area contributed by atoms with Crippen LogP contribution in [0.15, 0.2) is 40.2 Å². The van der Waals surface area contributed by atoms with Crippen LogP contribution >= 0.6 is 27.7 Å². The van der Waals surface area contributed by atoms with Crippen LogP contribution in [-0.2, 0) is 9.59 Å². The SMILES string of the molecule is CCCCN1C(=O)C2SC=CC2=[N+](CC(=O)Nc2ccc(Br)cc2)C1=O. The summed E-state index contributed by atoms with van der Waals surface area (Å²) in [4.78, 5) is 39.1. The number of amides is 4. The van der Waals surface area contributed by atoms with E-state index in [9.17, 15) is 14.4 Å². The molecular formula is C18H19BrN3O3S+. The average Bonchev–Trinajstić information content (AvgIpc) is 3.10. The molecule has 3 rings (SSSR count). The molecule has 0 aromatic heterocycles. The summed E-state index contributed by atoms with van der Waals surface area (Å²) in [5.74, 6) is -0.500. The normalized spacial score (nSPS) is 19.2. The van der Waals surface area contributed by atoms with E-state index in [0.29, 0.717) is 17.9 Å². The van der Waals surface area contributed by atoms with Crippen molar-refractivity contribution in [2.75, 3.05) is 18.4 Å². The fraction of sp³-hybridized carbons (Fsp3) is 0.333. The summed E-state index contributed by atoms with van der Waals surface area (Å²) in [6.45, 7) is 2.26. The first-order valence-corrected chi connectivity index (χ1v) is 10.1. The number of anilines is 1. The lowest BCUT2D eigenvalue weighted by Gasteiger charge is -2.24. The highest BCUT2D eigenvalue weighted by molar-refractivity contribution is 9.10. The zero-order valence-corrected chi connectivity index (χ0v) is 16.7. The van der Waals surface area contributed by atoms with E-state index in [-0.39, 0.29) is 18.4 Å². The van der Waals surface area contributed by atoms with Gasteiger partial charge < -0.3 is 5.32 Å². The molecule has 136 valence electrons. The Morgan fingerprint density at radius 3 is 2.73 bits per heavy atom. The van der Waals surface area contributed by atoms with E-state index in [1.165, 1.54) is 21.2 Å². The molecule has 8 heteroatoms. The molecule has 0 bridgehead atoms. The Labute approximate surface area is 164 Å². The summed E-state index contributed by atoms with van der Waals surface area (Å²) in [5.41, 5.74) is 1.24. The lowest BCUT2D eigenvalue weighted by molar-refractivity contribution is -0.425. The molecule has 2 aliphatic heterocycles. The molecular weight excluding hydrogens is 418 g/mol. The van der Waals surface area contributed by atoms with Crippen LogP contribution in [0.5, 0.6) is 0 Å². The summed E-state index contributed by atoms with van der Waals surface area (Å²) in [6, 6.07) is 6.78. The molecule has 1 N–H and O–H groups in total. The van der Waals surface area contributed by atoms with Gasteiger partial charge in [-0.1, -0.05) is 29.3 Å². The molecule has 6 nitrogen and oxygen atoms in total. The second-order valence-electron chi connectivity index (χ2n) is 6.01. The molecule has 2 aliphatic rings. The fourth-order valence-electron chi connectivity index (χ4n) is 2.81. The first kappa shape index (κ1) is 18.8. The Morgan fingerprint density at radius 1 is 1.31 bits per heavy atom. The third-order valence-corrected chi connectivity index (χ3v) is 5.69. The van der Waals surface area contributed by atoms with E-state index in [1.807, 2.05) is 19.1 Å². The number of nitrogens with zero attached hydrogens (tertiary/aromatic N) is 2. The number of hydrogen-bond donors (Lipinski definition) is 1. The number of benzene rings is 1. The summed E-state index contributed by atoms with van der Waals surface area (Å²) >= 11 is 4.72. The summed E-state index contributed by atoms with van der Waals surface area (Å²) < 4.78 is 2.32. The van der Waals surface area contributed by atoms with E-state index in [2.05, 4.69) is 21.2 Å². The molecule has 0 fully saturated rings. The number of allylic oxidation sites excluding steroid dienone is 1. The number of carbonyl (C=O) groups excluding carboxylic acids is 3. The van der Waals surface area contributed by atoms with Crippen molar-refractivity contribution in [1.82, 2.24) is 4.90 Å². The maximum absolute atomic E-state index is 12.8. The first-order valence-electron chi connectivity index (χ1n) is 8.38. The topological polar surface area (TPSA) is 69.5 Å². The van der Waals surface area contributed by atoms with Gasteiger partial charge in [0.05, 0.1) is 6.54 Å². The number of fused-ring (bicyclic) bond motifs is 1. The highest BCUT2D eigenvalue weighted by atomic mass is 79.9. The minimum absolute atomic E-state index is 0.123. The standard InChI is InChI=1S/C18H18BrN3O3S/c1-2-3-9-21-17(24)16-14(8-10-26-16)22(18(21)25)11-15(23)20-13-6-4-12(19)5-7-13/h4-8,10,16H,2-3,9,11H2,1H3/p+1. The van der Waals surface area contributed by atoms with E-state index in [1.54, 1.807) is 23.6 Å². The van der Waals surface area contributed by atoms with Crippen molar-refractivity contribution in [2.24, 2.45) is 0 Å². The maximum Gasteiger partial charge on any atom is 0.501 e. The smallest absolute Gasteiger partial charge is 0.323 e. The third kappa shape index (κ3) is 3.91. The van der Waals surface area contributed by atoms with E-state index >= 15 is 0 Å². The number of halogens is 1. The van der Waals surface area contributed by atoms with Crippen LogP contribution < -0.4 is 5.32 Å². The monoisotopic (exact) mass is 436 g/mol. The summed E-state index contributed by atoms with van der Waals surface area (Å²) in [5, 5.41) is 4.14. The average molecular weight is 437 g/mol. The molecule has 0 saturated carbocycles. The molecule has 1 unspecified atom stereocenters. The molecule has 0 saturated heterocycles. The summed E-state index contributed by atoms with van der Waals surface area (Å²) in [6.07, 6.45) is 3.37. The predicted octanol–water partition coefficient (Wildman–Crippen LogP) is 3.23. The molecule has 2 heterocycles. The second-order valence-corrected chi connectivity index (χ2v) is 7.94. The van der Waals surface area contributed by atoms with Gasteiger partial charge in [-0.2, -0.15) is 14.3 Å². The molecule has 0 spiro atoms. The number of hydrogen-bond acceptors (Lipinski definition) is 4. The van der Waals surface area contributed by atoms with Crippen molar-refractivity contribution < 1.29 is 19.0 Å². The number of nitrogens with one attached hydrogen (secondary N) is 1. The zero-order valence-electron chi connectivity index (χ0n) is 14.3. The first-order chi connectivity index (χ1) is 12.5. The van der Waals surface area contributed by atoms with Gasteiger partial charge in [-0.15, -0.1) is 11.8 Å². The van der Waals surface area contributed by atoms with Crippen molar-refractivity contribution in [3.05, 3.63) is 40.2 Å². The van der Waals surface area contributed by atoms with Crippen LogP contribution in [0.4, 0.5) is 10.5 Å². The van der Waals surface area contributed by atoms with E-state index < -0.39 is 11.3 Å². The zero-order chi connectivity index (χ0) is 18.7. The Balaban J connectivity index is 1.79. The van der Waals surface area contributed by atoms with Crippen molar-refractivity contribution in [3.8, 4) is 0 Å². The van der Waals surface area contributed by atoms with Gasteiger partial charge in [0.2, 0.25) is 0 Å². The Morgan fingerprint density at radius 2 is 2.04 bits per heavy atom. The van der Waals surface area contributed by atoms with Gasteiger partial charge in [-0.25, -0.2) is 4.79 Å². The van der Waals surface area contributed by atoms with E-state index in [4.69, 9.17) is 0 Å². The number of urea groups is 1. The van der Waals surface area contributed by atoms with Crippen LogP contribution in [0.25, 0.3) is 0 Å². The highest BCUT2D eigenvalue weighted by Crippen LogP contribution is 2.28. The molecule has 4 amide bonds. The Kier molecular flexibility index (Phi) is 5.93. The van der Waals surface area contributed by atoms with Crippen LogP contribution in [0.2, 0.25) is 0 Å². The highest BCUT2D eigenvalue weighted by Gasteiger charge is 2.48. The molecule has 1 atom stereocenters. The fourth-order valence-corrected chi connectivity index (χ4v) is 4.04. The van der Waals surface area contributed by atoms with Crippen LogP contribution in [0.3, 0.4) is 0 Å². The summed E-state index contributed by atoms with van der Waals surface area (Å²) in [7, 11) is 0. The van der Waals surface area contributed by atoms with Gasteiger partial charge in [-0.05, 0) is 42.2 Å². The van der Waals surface area contributed by atoms with Crippen molar-refractivity contribution in [1.29, 1.82) is 0 Å². The third-order valence-electron chi connectivity index (χ3n) is 4.15. The van der Waals surface area contributed by atoms with Gasteiger partial charge in [0.1, 0.15) is 5.71 Å². The molecule has 1 aromatic carbocycles. The van der Waals surface area contributed by atoms with Crippen molar-refractivity contribution in [3.63, 3.8) is 0 Å². The minimum Gasteiger partial charge on any atom is -0.323 e. The second kappa shape index (κ2) is 8.18. The van der Waals surface area contributed by atoms with Crippen molar-refractivity contribution in [2.45, 2.75) is 25.0 Å². The van der Waals surface area contributed by atoms with Crippen LogP contribution in [0, 0.1) is 0 Å². The lowest BCUT2D eigenvalue weighted by Crippen LogP contribution is -2.56. The predicted molar refractivity (Wildman–Crippen MR) is 105 cm³/mol. The van der Waals surface area contributed by atoms with Gasteiger partial charge in [0.25, 0.3) is 5.91 Å². The quantitative estimate of drug-likeness (QED) is 0.694. The number of imide groups is 1. The van der Waals surface area contributed by atoms with E-state index in [0.717, 1.165) is 17.3 Å². The Bertz CT molecular complexity index is 804. The molecule has 0 radical (unpaired) electrons. The van der Waals surface area contributed by atoms with Crippen molar-refractivity contribution >= 4 is 56.9 Å². The number of rotatable bonds is 6.